The maximum Gasteiger partial charge on any atom is 0.237 e. The number of para-hydroxylation sites is 1. The molecule has 3 aromatic rings. The third kappa shape index (κ3) is 3.32. The monoisotopic (exact) mass is 412 g/mol. The number of nitrogens with one attached hydrogen (secondary N) is 1. The van der Waals surface area contributed by atoms with Crippen molar-refractivity contribution in [2.75, 3.05) is 31.1 Å². The number of fused-ring (bicyclic) bond motifs is 3. The van der Waals surface area contributed by atoms with Crippen molar-refractivity contribution in [3.63, 3.8) is 0 Å². The van der Waals surface area contributed by atoms with Crippen LogP contribution >= 0.6 is 11.6 Å². The van der Waals surface area contributed by atoms with Gasteiger partial charge in [0.15, 0.2) is 5.65 Å². The molecule has 5 rings (SSSR count). The number of carbonyl (C=O) groups excluding carboxylic acids is 1. The van der Waals surface area contributed by atoms with Crippen molar-refractivity contribution in [2.24, 2.45) is 0 Å². The highest BCUT2D eigenvalue weighted by Gasteiger charge is 2.30. The number of anilines is 1. The predicted molar refractivity (Wildman–Crippen MR) is 115 cm³/mol. The van der Waals surface area contributed by atoms with E-state index >= 15 is 0 Å². The molecule has 1 amide bonds. The van der Waals surface area contributed by atoms with Gasteiger partial charge >= 0.3 is 0 Å². The molecule has 1 unspecified atom stereocenters. The first kappa shape index (κ1) is 18.6. The summed E-state index contributed by atoms with van der Waals surface area (Å²) in [6, 6.07) is 8.47. The zero-order valence-corrected chi connectivity index (χ0v) is 17.5. The summed E-state index contributed by atoms with van der Waals surface area (Å²) < 4.78 is 1.83. The second-order valence-electron chi connectivity index (χ2n) is 8.07. The van der Waals surface area contributed by atoms with Crippen molar-refractivity contribution in [3.8, 4) is 0 Å². The second-order valence-corrected chi connectivity index (χ2v) is 8.45. The van der Waals surface area contributed by atoms with Crippen LogP contribution in [0.15, 0.2) is 24.3 Å². The Kier molecular flexibility index (Phi) is 4.59. The van der Waals surface area contributed by atoms with E-state index in [1.807, 2.05) is 30.5 Å². The molecular weight excluding hydrogens is 388 g/mol. The van der Waals surface area contributed by atoms with Crippen LogP contribution in [0.5, 0.6) is 0 Å². The molecule has 0 radical (unpaired) electrons. The van der Waals surface area contributed by atoms with Gasteiger partial charge in [-0.05, 0) is 38.8 Å². The van der Waals surface area contributed by atoms with E-state index in [0.29, 0.717) is 16.7 Å². The van der Waals surface area contributed by atoms with Crippen LogP contribution in [0.1, 0.15) is 25.5 Å². The fourth-order valence-corrected chi connectivity index (χ4v) is 4.21. The SMILES string of the molecule is Cc1nn2c(nc(N3CCN(C(C)C(=O)NC4CC4)CC3)c3ccccc32)c1Cl. The van der Waals surface area contributed by atoms with Crippen molar-refractivity contribution in [1.29, 1.82) is 0 Å². The Bertz CT molecular complexity index is 1080. The van der Waals surface area contributed by atoms with Gasteiger partial charge in [0.2, 0.25) is 5.91 Å². The smallest absolute Gasteiger partial charge is 0.237 e. The number of aromatic nitrogens is 3. The van der Waals surface area contributed by atoms with Gasteiger partial charge in [-0.15, -0.1) is 0 Å². The lowest BCUT2D eigenvalue weighted by atomic mass is 10.2. The minimum Gasteiger partial charge on any atom is -0.353 e. The highest BCUT2D eigenvalue weighted by molar-refractivity contribution is 6.34. The zero-order chi connectivity index (χ0) is 20.1. The number of aryl methyl sites for hydroxylation is 1. The fraction of sp³-hybridized carbons (Fsp3) is 0.476. The van der Waals surface area contributed by atoms with Gasteiger partial charge < -0.3 is 10.2 Å². The van der Waals surface area contributed by atoms with Crippen LogP contribution < -0.4 is 10.2 Å². The van der Waals surface area contributed by atoms with Crippen LogP contribution in [0.2, 0.25) is 5.02 Å². The topological polar surface area (TPSA) is 65.8 Å². The molecule has 1 N–H and O–H groups in total. The van der Waals surface area contributed by atoms with E-state index in [-0.39, 0.29) is 11.9 Å². The van der Waals surface area contributed by atoms with Crippen LogP contribution in [0.4, 0.5) is 5.82 Å². The van der Waals surface area contributed by atoms with Gasteiger partial charge in [0.05, 0.1) is 17.3 Å². The third-order valence-electron chi connectivity index (χ3n) is 6.01. The van der Waals surface area contributed by atoms with E-state index in [1.54, 1.807) is 0 Å². The third-order valence-corrected chi connectivity index (χ3v) is 6.46. The second kappa shape index (κ2) is 7.15. The van der Waals surface area contributed by atoms with Crippen LogP contribution in [0.25, 0.3) is 16.6 Å². The first-order valence-corrected chi connectivity index (χ1v) is 10.6. The molecule has 152 valence electrons. The van der Waals surface area contributed by atoms with Crippen molar-refractivity contribution < 1.29 is 4.79 Å². The predicted octanol–water partition coefficient (Wildman–Crippen LogP) is 2.63. The molecule has 1 aliphatic carbocycles. The van der Waals surface area contributed by atoms with Crippen molar-refractivity contribution in [3.05, 3.63) is 35.0 Å². The van der Waals surface area contributed by atoms with Crippen molar-refractivity contribution >= 4 is 39.9 Å². The molecule has 2 aromatic heterocycles. The summed E-state index contributed by atoms with van der Waals surface area (Å²) in [7, 11) is 0. The first-order valence-electron chi connectivity index (χ1n) is 10.3. The summed E-state index contributed by atoms with van der Waals surface area (Å²) in [6.07, 6.45) is 2.23. The first-order chi connectivity index (χ1) is 14.0. The van der Waals surface area contributed by atoms with Crippen LogP contribution in [-0.4, -0.2) is 63.7 Å². The molecular formula is C21H25ClN6O. The molecule has 3 heterocycles. The quantitative estimate of drug-likeness (QED) is 0.713. The Morgan fingerprint density at radius 1 is 1.21 bits per heavy atom. The molecule has 0 spiro atoms. The summed E-state index contributed by atoms with van der Waals surface area (Å²) in [5, 5.41) is 9.34. The Morgan fingerprint density at radius 2 is 1.93 bits per heavy atom. The van der Waals surface area contributed by atoms with Gasteiger partial charge in [0, 0.05) is 37.6 Å². The molecule has 7 nitrogen and oxygen atoms in total. The fourth-order valence-electron chi connectivity index (χ4n) is 4.05. The van der Waals surface area contributed by atoms with Crippen LogP contribution in [0.3, 0.4) is 0 Å². The Labute approximate surface area is 174 Å². The summed E-state index contributed by atoms with van der Waals surface area (Å²) in [4.78, 5) is 21.8. The Balaban J connectivity index is 1.41. The van der Waals surface area contributed by atoms with Crippen LogP contribution in [-0.2, 0) is 4.79 Å². The summed E-state index contributed by atoms with van der Waals surface area (Å²) >= 11 is 6.48. The number of nitrogens with zero attached hydrogens (tertiary/aromatic N) is 5. The lowest BCUT2D eigenvalue weighted by Gasteiger charge is -2.38. The van der Waals surface area contributed by atoms with Crippen molar-refractivity contribution in [2.45, 2.75) is 38.8 Å². The van der Waals surface area contributed by atoms with E-state index in [2.05, 4.69) is 32.3 Å². The molecule has 8 heteroatoms. The average molecular weight is 413 g/mol. The average Bonchev–Trinajstić information content (AvgIpc) is 3.51. The van der Waals surface area contributed by atoms with Gasteiger partial charge in [-0.2, -0.15) is 5.10 Å². The molecule has 2 aliphatic rings. The van der Waals surface area contributed by atoms with E-state index in [1.165, 1.54) is 0 Å². The lowest BCUT2D eigenvalue weighted by molar-refractivity contribution is -0.126. The molecule has 1 aromatic carbocycles. The van der Waals surface area contributed by atoms with Gasteiger partial charge in [0.1, 0.15) is 10.8 Å². The number of halogens is 1. The summed E-state index contributed by atoms with van der Waals surface area (Å²) in [6.45, 7) is 7.19. The highest BCUT2D eigenvalue weighted by atomic mass is 35.5. The largest absolute Gasteiger partial charge is 0.353 e. The number of hydrogen-bond acceptors (Lipinski definition) is 5. The molecule has 0 bridgehead atoms. The normalized spacial score (nSPS) is 19.1. The Morgan fingerprint density at radius 3 is 2.66 bits per heavy atom. The molecule has 29 heavy (non-hydrogen) atoms. The maximum atomic E-state index is 12.4. The number of amides is 1. The minimum atomic E-state index is -0.100. The molecule has 1 atom stereocenters. The summed E-state index contributed by atoms with van der Waals surface area (Å²) in [5.74, 6) is 1.08. The number of carbonyl (C=O) groups is 1. The lowest BCUT2D eigenvalue weighted by Crippen LogP contribution is -2.54. The van der Waals surface area contributed by atoms with Gasteiger partial charge in [0.25, 0.3) is 0 Å². The minimum absolute atomic E-state index is 0.100. The number of piperazine rings is 1. The number of hydrogen-bond donors (Lipinski definition) is 1. The van der Waals surface area contributed by atoms with E-state index in [0.717, 1.165) is 61.4 Å². The molecule has 1 saturated carbocycles. The van der Waals surface area contributed by atoms with E-state index in [9.17, 15) is 4.79 Å². The standard InChI is InChI=1S/C21H25ClN6O/c1-13-18(22)20-24-19(16-5-3-4-6-17(16)28(20)25-13)27-11-9-26(10-12-27)14(2)21(29)23-15-7-8-15/h3-6,14-15H,7-12H2,1-2H3,(H,23,29). The molecule has 1 aliphatic heterocycles. The van der Waals surface area contributed by atoms with Gasteiger partial charge in [-0.25, -0.2) is 9.50 Å². The number of benzene rings is 1. The van der Waals surface area contributed by atoms with Gasteiger partial charge in [-0.1, -0.05) is 23.7 Å². The van der Waals surface area contributed by atoms with E-state index < -0.39 is 0 Å². The molecule has 1 saturated heterocycles. The number of rotatable bonds is 4. The van der Waals surface area contributed by atoms with Crippen molar-refractivity contribution in [1.82, 2.24) is 24.8 Å². The van der Waals surface area contributed by atoms with Gasteiger partial charge in [-0.3, -0.25) is 9.69 Å². The zero-order valence-electron chi connectivity index (χ0n) is 16.7. The molecule has 2 fully saturated rings. The van der Waals surface area contributed by atoms with Crippen LogP contribution in [0, 0.1) is 6.92 Å². The Hall–Kier alpha value is -2.38. The maximum absolute atomic E-state index is 12.4. The summed E-state index contributed by atoms with van der Waals surface area (Å²) in [5.41, 5.74) is 2.47. The highest BCUT2D eigenvalue weighted by Crippen LogP contribution is 2.31. The van der Waals surface area contributed by atoms with E-state index in [4.69, 9.17) is 16.6 Å².